The number of amides is 1. The van der Waals surface area contributed by atoms with Gasteiger partial charge in [0, 0.05) is 43.7 Å². The summed E-state index contributed by atoms with van der Waals surface area (Å²) in [6, 6.07) is 7.85. The zero-order valence-electron chi connectivity index (χ0n) is 16.6. The quantitative estimate of drug-likeness (QED) is 0.806. The molecular formula is C21H23N7O2. The van der Waals surface area contributed by atoms with E-state index in [0.717, 1.165) is 37.4 Å². The Bertz CT molecular complexity index is 997. The maximum absolute atomic E-state index is 13.1. The molecule has 2 aromatic rings. The molecule has 4 heterocycles. The SMILES string of the molecule is N#C[C@@]1(C2CC2)CCN(c2ccnc(Nc3cc(N4CCOCC4)ncn3)c2)C1=O. The number of hydrogen-bond acceptors (Lipinski definition) is 8. The number of nitrogens with zero attached hydrogens (tertiary/aromatic N) is 6. The molecule has 0 unspecified atom stereocenters. The molecule has 30 heavy (non-hydrogen) atoms. The van der Waals surface area contributed by atoms with Crippen LogP contribution in [0.25, 0.3) is 0 Å². The summed E-state index contributed by atoms with van der Waals surface area (Å²) in [6.07, 6.45) is 5.72. The second-order valence-electron chi connectivity index (χ2n) is 7.95. The third-order valence-electron chi connectivity index (χ3n) is 6.13. The topological polar surface area (TPSA) is 107 Å². The van der Waals surface area contributed by atoms with Gasteiger partial charge in [-0.2, -0.15) is 5.26 Å². The van der Waals surface area contributed by atoms with Gasteiger partial charge in [0.2, 0.25) is 5.91 Å². The standard InChI is InChI=1S/C21H23N7O2/c22-13-21(15-1-2-15)4-6-28(20(21)29)16-3-5-23-17(11-16)26-18-12-19(25-14-24-18)27-7-9-30-10-8-27/h3,5,11-12,14-15H,1-2,4,6-10H2,(H,23,24,25,26)/t21-/m1/s1. The summed E-state index contributed by atoms with van der Waals surface area (Å²) in [5, 5.41) is 12.9. The van der Waals surface area contributed by atoms with Crippen LogP contribution in [0.1, 0.15) is 19.3 Å². The number of aromatic nitrogens is 3. The van der Waals surface area contributed by atoms with Gasteiger partial charge in [-0.15, -0.1) is 0 Å². The first-order chi connectivity index (χ1) is 14.7. The molecule has 3 fully saturated rings. The van der Waals surface area contributed by atoms with Crippen molar-refractivity contribution in [3.63, 3.8) is 0 Å². The van der Waals surface area contributed by atoms with E-state index in [1.807, 2.05) is 18.2 Å². The van der Waals surface area contributed by atoms with Gasteiger partial charge >= 0.3 is 0 Å². The summed E-state index contributed by atoms with van der Waals surface area (Å²) < 4.78 is 5.40. The molecule has 0 bridgehead atoms. The minimum absolute atomic E-state index is 0.0821. The molecular weight excluding hydrogens is 382 g/mol. The Hall–Kier alpha value is -3.25. The van der Waals surface area contributed by atoms with Crippen LogP contribution in [-0.4, -0.2) is 53.7 Å². The van der Waals surface area contributed by atoms with Gasteiger partial charge in [0.15, 0.2) is 0 Å². The zero-order chi connectivity index (χ0) is 20.6. The van der Waals surface area contributed by atoms with Crippen LogP contribution >= 0.6 is 0 Å². The van der Waals surface area contributed by atoms with Crippen LogP contribution < -0.4 is 15.1 Å². The van der Waals surface area contributed by atoms with Gasteiger partial charge in [0.25, 0.3) is 0 Å². The van der Waals surface area contributed by atoms with Crippen LogP contribution in [0.4, 0.5) is 23.1 Å². The number of nitrogens with one attached hydrogen (secondary N) is 1. The van der Waals surface area contributed by atoms with Crippen LogP contribution in [0.3, 0.4) is 0 Å². The minimum atomic E-state index is -0.851. The number of rotatable bonds is 5. The lowest BCUT2D eigenvalue weighted by atomic mass is 9.83. The molecule has 1 saturated carbocycles. The largest absolute Gasteiger partial charge is 0.378 e. The molecule has 9 nitrogen and oxygen atoms in total. The number of carbonyl (C=O) groups excluding carboxylic acids is 1. The van der Waals surface area contributed by atoms with Crippen LogP contribution in [0, 0.1) is 22.7 Å². The van der Waals surface area contributed by atoms with Crippen LogP contribution in [0.15, 0.2) is 30.7 Å². The number of hydrogen-bond donors (Lipinski definition) is 1. The van der Waals surface area contributed by atoms with E-state index in [2.05, 4.69) is 31.2 Å². The van der Waals surface area contributed by atoms with Crippen molar-refractivity contribution in [2.75, 3.05) is 48.0 Å². The lowest BCUT2D eigenvalue weighted by molar-refractivity contribution is -0.123. The van der Waals surface area contributed by atoms with E-state index >= 15 is 0 Å². The smallest absolute Gasteiger partial charge is 0.247 e. The van der Waals surface area contributed by atoms with Crippen molar-refractivity contribution >= 4 is 29.0 Å². The van der Waals surface area contributed by atoms with Crippen molar-refractivity contribution in [2.45, 2.75) is 19.3 Å². The molecule has 2 aromatic heterocycles. The molecule has 1 amide bonds. The molecule has 1 atom stereocenters. The summed E-state index contributed by atoms with van der Waals surface area (Å²) >= 11 is 0. The third-order valence-corrected chi connectivity index (χ3v) is 6.13. The fraction of sp³-hybridized carbons (Fsp3) is 0.476. The molecule has 3 aliphatic rings. The second-order valence-corrected chi connectivity index (χ2v) is 7.95. The highest BCUT2D eigenvalue weighted by atomic mass is 16.5. The Balaban J connectivity index is 1.34. The molecule has 9 heteroatoms. The number of morpholine rings is 1. The number of pyridine rings is 1. The van der Waals surface area contributed by atoms with Crippen molar-refractivity contribution in [1.82, 2.24) is 15.0 Å². The molecule has 154 valence electrons. The molecule has 0 spiro atoms. The maximum atomic E-state index is 13.1. The Labute approximate surface area is 174 Å². The van der Waals surface area contributed by atoms with Gasteiger partial charge in [-0.05, 0) is 31.2 Å². The first-order valence-electron chi connectivity index (χ1n) is 10.3. The van der Waals surface area contributed by atoms with Gasteiger partial charge in [-0.1, -0.05) is 0 Å². The Morgan fingerprint density at radius 2 is 1.93 bits per heavy atom. The molecule has 2 saturated heterocycles. The van der Waals surface area contributed by atoms with E-state index < -0.39 is 5.41 Å². The molecule has 0 aromatic carbocycles. The zero-order valence-corrected chi connectivity index (χ0v) is 16.6. The van der Waals surface area contributed by atoms with Gasteiger partial charge < -0.3 is 19.9 Å². The van der Waals surface area contributed by atoms with Gasteiger partial charge in [-0.25, -0.2) is 15.0 Å². The minimum Gasteiger partial charge on any atom is -0.378 e. The fourth-order valence-electron chi connectivity index (χ4n) is 4.30. The lowest BCUT2D eigenvalue weighted by Gasteiger charge is -2.27. The monoisotopic (exact) mass is 405 g/mol. The molecule has 5 rings (SSSR count). The first kappa shape index (κ1) is 18.8. The van der Waals surface area contributed by atoms with E-state index in [1.54, 1.807) is 11.1 Å². The fourth-order valence-corrected chi connectivity index (χ4v) is 4.30. The summed E-state index contributed by atoms with van der Waals surface area (Å²) in [5.74, 6) is 2.19. The predicted molar refractivity (Wildman–Crippen MR) is 110 cm³/mol. The van der Waals surface area contributed by atoms with E-state index in [9.17, 15) is 10.1 Å². The molecule has 2 aliphatic heterocycles. The first-order valence-corrected chi connectivity index (χ1v) is 10.3. The normalized spacial score (nSPS) is 24.0. The summed E-state index contributed by atoms with van der Waals surface area (Å²) in [5.41, 5.74) is -0.103. The summed E-state index contributed by atoms with van der Waals surface area (Å²) in [4.78, 5) is 30.0. The lowest BCUT2D eigenvalue weighted by Crippen LogP contribution is -2.36. The number of anilines is 4. The van der Waals surface area contributed by atoms with Crippen LogP contribution in [0.2, 0.25) is 0 Å². The number of ether oxygens (including phenoxy) is 1. The third kappa shape index (κ3) is 3.33. The Morgan fingerprint density at radius 1 is 1.13 bits per heavy atom. The summed E-state index contributed by atoms with van der Waals surface area (Å²) in [7, 11) is 0. The Kier molecular flexibility index (Phi) is 4.71. The van der Waals surface area contributed by atoms with E-state index in [-0.39, 0.29) is 11.8 Å². The second kappa shape index (κ2) is 7.54. The van der Waals surface area contributed by atoms with Crippen molar-refractivity contribution in [3.05, 3.63) is 30.7 Å². The molecule has 1 aliphatic carbocycles. The van der Waals surface area contributed by atoms with Gasteiger partial charge in [0.1, 0.15) is 29.2 Å². The van der Waals surface area contributed by atoms with Gasteiger partial charge in [0.05, 0.1) is 19.3 Å². The molecule has 0 radical (unpaired) electrons. The highest BCUT2D eigenvalue weighted by molar-refractivity contribution is 6.02. The van der Waals surface area contributed by atoms with Crippen molar-refractivity contribution < 1.29 is 9.53 Å². The van der Waals surface area contributed by atoms with Crippen molar-refractivity contribution in [2.24, 2.45) is 11.3 Å². The maximum Gasteiger partial charge on any atom is 0.247 e. The number of nitriles is 1. The van der Waals surface area contributed by atoms with E-state index in [4.69, 9.17) is 4.74 Å². The van der Waals surface area contributed by atoms with Crippen LogP contribution in [0.5, 0.6) is 0 Å². The van der Waals surface area contributed by atoms with Gasteiger partial charge in [-0.3, -0.25) is 4.79 Å². The van der Waals surface area contributed by atoms with E-state index in [0.29, 0.717) is 37.8 Å². The van der Waals surface area contributed by atoms with Crippen LogP contribution in [-0.2, 0) is 9.53 Å². The average molecular weight is 405 g/mol. The highest BCUT2D eigenvalue weighted by Crippen LogP contribution is 2.51. The van der Waals surface area contributed by atoms with Crippen molar-refractivity contribution in [3.8, 4) is 6.07 Å². The van der Waals surface area contributed by atoms with Crippen molar-refractivity contribution in [1.29, 1.82) is 5.26 Å². The Morgan fingerprint density at radius 3 is 2.70 bits per heavy atom. The highest BCUT2D eigenvalue weighted by Gasteiger charge is 2.56. The van der Waals surface area contributed by atoms with E-state index in [1.165, 1.54) is 6.33 Å². The number of carbonyl (C=O) groups is 1. The summed E-state index contributed by atoms with van der Waals surface area (Å²) in [6.45, 7) is 3.52. The molecule has 1 N–H and O–H groups in total. The predicted octanol–water partition coefficient (Wildman–Crippen LogP) is 2.11. The average Bonchev–Trinajstić information content (AvgIpc) is 3.59.